The van der Waals surface area contributed by atoms with Gasteiger partial charge in [-0.1, -0.05) is 0 Å². The van der Waals surface area contributed by atoms with E-state index in [-0.39, 0.29) is 0 Å². The van der Waals surface area contributed by atoms with Gasteiger partial charge in [0, 0.05) is 18.7 Å². The number of methoxy groups -OCH3 is 1. The lowest BCUT2D eigenvalue weighted by Crippen LogP contribution is -2.51. The van der Waals surface area contributed by atoms with Crippen LogP contribution in [0.5, 0.6) is 5.75 Å². The lowest BCUT2D eigenvalue weighted by Gasteiger charge is -2.28. The molecule has 3 rings (SSSR count). The van der Waals surface area contributed by atoms with Crippen LogP contribution in [-0.2, 0) is 0 Å². The molecule has 0 atom stereocenters. The maximum Gasteiger partial charge on any atom is 0.148 e. The Morgan fingerprint density at radius 3 is 2.65 bits per heavy atom. The summed E-state index contributed by atoms with van der Waals surface area (Å²) < 4.78 is 6.12. The molecule has 104 valence electrons. The topological polar surface area (TPSA) is 59.1 Å². The maximum absolute atomic E-state index is 5.22. The zero-order valence-corrected chi connectivity index (χ0v) is 12.6. The molecule has 6 heteroatoms. The van der Waals surface area contributed by atoms with Crippen molar-refractivity contribution in [1.82, 2.24) is 15.5 Å². The lowest BCUT2D eigenvalue weighted by molar-refractivity contribution is 0.412. The van der Waals surface area contributed by atoms with Crippen molar-refractivity contribution >= 4 is 21.7 Å². The minimum absolute atomic E-state index is 0.463. The van der Waals surface area contributed by atoms with Crippen molar-refractivity contribution in [3.05, 3.63) is 34.8 Å². The van der Waals surface area contributed by atoms with Gasteiger partial charge in [-0.3, -0.25) is 0 Å². The molecule has 1 aromatic heterocycles. The van der Waals surface area contributed by atoms with E-state index in [1.54, 1.807) is 7.11 Å². The van der Waals surface area contributed by atoms with E-state index in [1.807, 2.05) is 30.3 Å². The van der Waals surface area contributed by atoms with E-state index < -0.39 is 0 Å². The zero-order valence-electron chi connectivity index (χ0n) is 11.1. The molecule has 0 unspecified atom stereocenters. The summed E-state index contributed by atoms with van der Waals surface area (Å²) in [6, 6.07) is 10.2. The quantitative estimate of drug-likeness (QED) is 0.898. The molecule has 0 spiro atoms. The van der Waals surface area contributed by atoms with E-state index in [0.29, 0.717) is 6.04 Å². The normalized spacial score (nSPS) is 14.7. The van der Waals surface area contributed by atoms with Crippen molar-refractivity contribution < 1.29 is 4.74 Å². The van der Waals surface area contributed by atoms with Gasteiger partial charge < -0.3 is 15.4 Å². The van der Waals surface area contributed by atoms with E-state index in [1.165, 1.54) is 0 Å². The Bertz CT molecular complexity index is 599. The van der Waals surface area contributed by atoms with Gasteiger partial charge in [0.1, 0.15) is 11.6 Å². The fraction of sp³-hybridized carbons (Fsp3) is 0.286. The number of halogens is 1. The van der Waals surface area contributed by atoms with E-state index in [2.05, 4.69) is 36.8 Å². The van der Waals surface area contributed by atoms with Crippen LogP contribution in [0.15, 0.2) is 34.8 Å². The number of nitrogens with zero attached hydrogens (tertiary/aromatic N) is 2. The number of nitrogens with one attached hydrogen (secondary N) is 2. The standard InChI is InChI=1S/C14H15BrN4O/c1-20-13-4-2-9(6-11(13)15)12-3-5-14(19-18-12)17-10-7-16-8-10/h2-6,10,16H,7-8H2,1H3,(H,17,19). The van der Waals surface area contributed by atoms with Crippen molar-refractivity contribution in [3.63, 3.8) is 0 Å². The Labute approximate surface area is 125 Å². The largest absolute Gasteiger partial charge is 0.496 e. The molecule has 1 saturated heterocycles. The molecule has 2 aromatic rings. The van der Waals surface area contributed by atoms with Crippen LogP contribution in [0.4, 0.5) is 5.82 Å². The summed E-state index contributed by atoms with van der Waals surface area (Å²) in [5.74, 6) is 1.62. The van der Waals surface area contributed by atoms with E-state index in [4.69, 9.17) is 4.74 Å². The molecule has 1 aliphatic heterocycles. The van der Waals surface area contributed by atoms with Gasteiger partial charge in [0.15, 0.2) is 0 Å². The molecule has 1 aromatic carbocycles. The summed E-state index contributed by atoms with van der Waals surface area (Å²) in [7, 11) is 1.65. The number of ether oxygens (including phenoxy) is 1. The molecular formula is C14H15BrN4O. The predicted molar refractivity (Wildman–Crippen MR) is 82.0 cm³/mol. The molecule has 1 fully saturated rings. The van der Waals surface area contributed by atoms with Gasteiger partial charge >= 0.3 is 0 Å². The molecule has 0 aliphatic carbocycles. The highest BCUT2D eigenvalue weighted by Gasteiger charge is 2.16. The van der Waals surface area contributed by atoms with Crippen LogP contribution in [0.2, 0.25) is 0 Å². The Morgan fingerprint density at radius 2 is 2.10 bits per heavy atom. The summed E-state index contributed by atoms with van der Waals surface area (Å²) in [5.41, 5.74) is 1.84. The molecule has 2 N–H and O–H groups in total. The minimum Gasteiger partial charge on any atom is -0.496 e. The third-order valence-electron chi connectivity index (χ3n) is 3.25. The first-order valence-corrected chi connectivity index (χ1v) is 7.20. The van der Waals surface area contributed by atoms with Crippen LogP contribution in [-0.4, -0.2) is 36.4 Å². The van der Waals surface area contributed by atoms with E-state index in [0.717, 1.165) is 40.4 Å². The number of benzene rings is 1. The van der Waals surface area contributed by atoms with Crippen molar-refractivity contribution in [1.29, 1.82) is 0 Å². The fourth-order valence-corrected chi connectivity index (χ4v) is 2.53. The smallest absolute Gasteiger partial charge is 0.148 e. The van der Waals surface area contributed by atoms with Gasteiger partial charge in [-0.2, -0.15) is 0 Å². The fourth-order valence-electron chi connectivity index (χ4n) is 1.99. The Hall–Kier alpha value is -1.66. The lowest BCUT2D eigenvalue weighted by atomic mass is 10.1. The van der Waals surface area contributed by atoms with Crippen LogP contribution in [0, 0.1) is 0 Å². The Kier molecular flexibility index (Phi) is 3.84. The highest BCUT2D eigenvalue weighted by molar-refractivity contribution is 9.10. The number of aromatic nitrogens is 2. The Balaban J connectivity index is 1.77. The maximum atomic E-state index is 5.22. The van der Waals surface area contributed by atoms with Crippen LogP contribution < -0.4 is 15.4 Å². The molecule has 0 bridgehead atoms. The number of hydrogen-bond acceptors (Lipinski definition) is 5. The number of anilines is 1. The second kappa shape index (κ2) is 5.76. The highest BCUT2D eigenvalue weighted by Crippen LogP contribution is 2.29. The minimum atomic E-state index is 0.463. The molecular weight excluding hydrogens is 320 g/mol. The summed E-state index contributed by atoms with van der Waals surface area (Å²) in [6.45, 7) is 1.96. The van der Waals surface area contributed by atoms with Gasteiger partial charge in [0.25, 0.3) is 0 Å². The van der Waals surface area contributed by atoms with Crippen molar-refractivity contribution in [3.8, 4) is 17.0 Å². The third kappa shape index (κ3) is 2.76. The predicted octanol–water partition coefficient (Wildman–Crippen LogP) is 2.30. The average Bonchev–Trinajstić information content (AvgIpc) is 2.43. The second-order valence-corrected chi connectivity index (χ2v) is 5.51. The highest BCUT2D eigenvalue weighted by atomic mass is 79.9. The molecule has 1 aliphatic rings. The van der Waals surface area contributed by atoms with Gasteiger partial charge in [0.2, 0.25) is 0 Å². The van der Waals surface area contributed by atoms with Gasteiger partial charge in [-0.25, -0.2) is 0 Å². The average molecular weight is 335 g/mol. The summed E-state index contributed by atoms with van der Waals surface area (Å²) >= 11 is 3.48. The van der Waals surface area contributed by atoms with Gasteiger partial charge in [0.05, 0.1) is 23.3 Å². The molecule has 0 radical (unpaired) electrons. The third-order valence-corrected chi connectivity index (χ3v) is 3.87. The second-order valence-electron chi connectivity index (χ2n) is 4.65. The van der Waals surface area contributed by atoms with Crippen molar-refractivity contribution in [2.45, 2.75) is 6.04 Å². The van der Waals surface area contributed by atoms with Crippen molar-refractivity contribution in [2.75, 3.05) is 25.5 Å². The van der Waals surface area contributed by atoms with Crippen molar-refractivity contribution in [2.24, 2.45) is 0 Å². The molecule has 2 heterocycles. The molecule has 0 amide bonds. The van der Waals surface area contributed by atoms with Crippen LogP contribution in [0.3, 0.4) is 0 Å². The van der Waals surface area contributed by atoms with Crippen LogP contribution in [0.25, 0.3) is 11.3 Å². The van der Waals surface area contributed by atoms with Gasteiger partial charge in [-0.15, -0.1) is 10.2 Å². The SMILES string of the molecule is COc1ccc(-c2ccc(NC3CNC3)nn2)cc1Br. The molecule has 20 heavy (non-hydrogen) atoms. The van der Waals surface area contributed by atoms with E-state index >= 15 is 0 Å². The zero-order chi connectivity index (χ0) is 13.9. The van der Waals surface area contributed by atoms with Crippen LogP contribution in [0.1, 0.15) is 0 Å². The molecule has 5 nitrogen and oxygen atoms in total. The first-order chi connectivity index (χ1) is 9.76. The monoisotopic (exact) mass is 334 g/mol. The van der Waals surface area contributed by atoms with Crippen LogP contribution >= 0.6 is 15.9 Å². The summed E-state index contributed by atoms with van der Waals surface area (Å²) in [4.78, 5) is 0. The number of rotatable bonds is 4. The summed E-state index contributed by atoms with van der Waals surface area (Å²) in [5, 5.41) is 15.0. The first-order valence-electron chi connectivity index (χ1n) is 6.41. The first kappa shape index (κ1) is 13.3. The molecule has 0 saturated carbocycles. The summed E-state index contributed by atoms with van der Waals surface area (Å²) in [6.07, 6.45) is 0. The number of hydrogen-bond donors (Lipinski definition) is 2. The Morgan fingerprint density at radius 1 is 1.25 bits per heavy atom. The van der Waals surface area contributed by atoms with Gasteiger partial charge in [-0.05, 0) is 46.3 Å². The van der Waals surface area contributed by atoms with E-state index in [9.17, 15) is 0 Å².